The molecule has 0 atom stereocenters. The number of carbonyl (C=O) groups is 2. The number of nitrogens with zero attached hydrogens (tertiary/aromatic N) is 1. The predicted molar refractivity (Wildman–Crippen MR) is 59.1 cm³/mol. The van der Waals surface area contributed by atoms with E-state index >= 15 is 0 Å². The number of imide groups is 1. The lowest BCUT2D eigenvalue weighted by atomic mass is 10.2. The molecule has 2 amide bonds. The van der Waals surface area contributed by atoms with Crippen LogP contribution in [0, 0.1) is 0 Å². The average molecular weight is 220 g/mol. The highest BCUT2D eigenvalue weighted by molar-refractivity contribution is 6.20. The molecule has 1 aliphatic rings. The maximum absolute atomic E-state index is 11.6. The summed E-state index contributed by atoms with van der Waals surface area (Å²) in [6.45, 7) is 0. The Balaban J connectivity index is 2.49. The van der Waals surface area contributed by atoms with E-state index in [1.54, 1.807) is 18.2 Å². The summed E-state index contributed by atoms with van der Waals surface area (Å²) in [7, 11) is 1.49. The third kappa shape index (κ3) is 1.60. The second-order valence-electron chi connectivity index (χ2n) is 3.55. The van der Waals surface area contributed by atoms with E-state index in [0.29, 0.717) is 17.1 Å². The van der Waals surface area contributed by atoms with Gasteiger partial charge in [0.1, 0.15) is 5.75 Å². The van der Waals surface area contributed by atoms with Gasteiger partial charge in [0.25, 0.3) is 0 Å². The zero-order chi connectivity index (χ0) is 11.7. The Morgan fingerprint density at radius 3 is 2.44 bits per heavy atom. The molecule has 0 spiro atoms. The van der Waals surface area contributed by atoms with Gasteiger partial charge in [0, 0.05) is 18.5 Å². The molecular formula is C11H12N2O3. The van der Waals surface area contributed by atoms with Crippen molar-refractivity contribution in [1.29, 1.82) is 0 Å². The number of nitrogens with two attached hydrogens (primary N) is 1. The molecule has 5 nitrogen and oxygen atoms in total. The molecule has 1 aromatic carbocycles. The van der Waals surface area contributed by atoms with E-state index in [1.165, 1.54) is 7.11 Å². The second kappa shape index (κ2) is 3.84. The van der Waals surface area contributed by atoms with Crippen LogP contribution in [0.5, 0.6) is 5.75 Å². The third-order valence-corrected chi connectivity index (χ3v) is 2.50. The summed E-state index contributed by atoms with van der Waals surface area (Å²) in [5.41, 5.74) is 6.55. The van der Waals surface area contributed by atoms with Crippen LogP contribution in [0.25, 0.3) is 0 Å². The molecule has 16 heavy (non-hydrogen) atoms. The van der Waals surface area contributed by atoms with Gasteiger partial charge < -0.3 is 10.5 Å². The fourth-order valence-electron chi connectivity index (χ4n) is 1.73. The minimum Gasteiger partial charge on any atom is -0.495 e. The molecular weight excluding hydrogens is 208 g/mol. The molecule has 1 saturated heterocycles. The molecule has 0 aromatic heterocycles. The second-order valence-corrected chi connectivity index (χ2v) is 3.55. The first-order chi connectivity index (χ1) is 7.63. The Kier molecular flexibility index (Phi) is 2.52. The van der Waals surface area contributed by atoms with Crippen LogP contribution in [0.2, 0.25) is 0 Å². The van der Waals surface area contributed by atoms with Gasteiger partial charge in [-0.25, -0.2) is 4.90 Å². The highest BCUT2D eigenvalue weighted by Crippen LogP contribution is 2.33. The van der Waals surface area contributed by atoms with E-state index in [4.69, 9.17) is 10.5 Å². The maximum atomic E-state index is 11.6. The number of amides is 2. The zero-order valence-corrected chi connectivity index (χ0v) is 8.90. The Morgan fingerprint density at radius 1 is 1.25 bits per heavy atom. The van der Waals surface area contributed by atoms with E-state index < -0.39 is 0 Å². The van der Waals surface area contributed by atoms with E-state index in [9.17, 15) is 9.59 Å². The SMILES string of the molecule is COc1ccc(N)cc1N1C(=O)CCC1=O. The van der Waals surface area contributed by atoms with Gasteiger partial charge in [0.05, 0.1) is 12.8 Å². The molecule has 0 unspecified atom stereocenters. The molecule has 1 aliphatic heterocycles. The van der Waals surface area contributed by atoms with Crippen LogP contribution < -0.4 is 15.4 Å². The van der Waals surface area contributed by atoms with E-state index in [0.717, 1.165) is 4.90 Å². The Labute approximate surface area is 92.8 Å². The molecule has 0 saturated carbocycles. The number of carbonyl (C=O) groups excluding carboxylic acids is 2. The van der Waals surface area contributed by atoms with Crippen molar-refractivity contribution in [3.8, 4) is 5.75 Å². The summed E-state index contributed by atoms with van der Waals surface area (Å²) in [6, 6.07) is 4.87. The number of nitrogen functional groups attached to an aromatic ring is 1. The number of hydrogen-bond donors (Lipinski definition) is 1. The molecule has 1 fully saturated rings. The van der Waals surface area contributed by atoms with E-state index in [2.05, 4.69) is 0 Å². The van der Waals surface area contributed by atoms with E-state index in [1.807, 2.05) is 0 Å². The van der Waals surface area contributed by atoms with Gasteiger partial charge in [-0.2, -0.15) is 0 Å². The fourth-order valence-corrected chi connectivity index (χ4v) is 1.73. The lowest BCUT2D eigenvalue weighted by Crippen LogP contribution is -2.29. The normalized spacial score (nSPS) is 15.7. The summed E-state index contributed by atoms with van der Waals surface area (Å²) in [5, 5.41) is 0. The number of anilines is 2. The smallest absolute Gasteiger partial charge is 0.234 e. The number of hydrogen-bond acceptors (Lipinski definition) is 4. The van der Waals surface area contributed by atoms with Gasteiger partial charge in [0.15, 0.2) is 0 Å². The number of ether oxygens (including phenoxy) is 1. The van der Waals surface area contributed by atoms with Gasteiger partial charge in [-0.05, 0) is 18.2 Å². The lowest BCUT2D eigenvalue weighted by Gasteiger charge is -2.17. The Morgan fingerprint density at radius 2 is 1.88 bits per heavy atom. The van der Waals surface area contributed by atoms with Crippen LogP contribution in [0.1, 0.15) is 12.8 Å². The molecule has 0 bridgehead atoms. The summed E-state index contributed by atoms with van der Waals surface area (Å²) in [6.07, 6.45) is 0.494. The van der Waals surface area contributed by atoms with Crippen LogP contribution in [0.15, 0.2) is 18.2 Å². The quantitative estimate of drug-likeness (QED) is 0.594. The van der Waals surface area contributed by atoms with Gasteiger partial charge >= 0.3 is 0 Å². The Hall–Kier alpha value is -2.04. The molecule has 84 valence electrons. The number of methoxy groups -OCH3 is 1. The third-order valence-electron chi connectivity index (χ3n) is 2.50. The van der Waals surface area contributed by atoms with Gasteiger partial charge in [-0.1, -0.05) is 0 Å². The topological polar surface area (TPSA) is 72.6 Å². The minimum absolute atomic E-state index is 0.214. The highest BCUT2D eigenvalue weighted by atomic mass is 16.5. The van der Waals surface area contributed by atoms with Crippen molar-refractivity contribution in [2.75, 3.05) is 17.7 Å². The van der Waals surface area contributed by atoms with Crippen molar-refractivity contribution >= 4 is 23.2 Å². The van der Waals surface area contributed by atoms with Crippen molar-refractivity contribution in [3.05, 3.63) is 18.2 Å². The average Bonchev–Trinajstić information content (AvgIpc) is 2.58. The summed E-state index contributed by atoms with van der Waals surface area (Å²) < 4.78 is 5.11. The first kappa shape index (κ1) is 10.5. The molecule has 1 aromatic rings. The predicted octanol–water partition coefficient (Wildman–Crippen LogP) is 0.931. The molecule has 2 N–H and O–H groups in total. The van der Waals surface area contributed by atoms with E-state index in [-0.39, 0.29) is 24.7 Å². The summed E-state index contributed by atoms with van der Waals surface area (Å²) in [4.78, 5) is 24.3. The zero-order valence-electron chi connectivity index (χ0n) is 8.90. The monoisotopic (exact) mass is 220 g/mol. The van der Waals surface area contributed by atoms with Crippen LogP contribution in [0.3, 0.4) is 0 Å². The largest absolute Gasteiger partial charge is 0.495 e. The van der Waals surface area contributed by atoms with Gasteiger partial charge in [0.2, 0.25) is 11.8 Å². The van der Waals surface area contributed by atoms with Crippen molar-refractivity contribution < 1.29 is 14.3 Å². The number of rotatable bonds is 2. The fraction of sp³-hybridized carbons (Fsp3) is 0.273. The van der Waals surface area contributed by atoms with Crippen LogP contribution in [-0.2, 0) is 9.59 Å². The van der Waals surface area contributed by atoms with Gasteiger partial charge in [-0.15, -0.1) is 0 Å². The lowest BCUT2D eigenvalue weighted by molar-refractivity contribution is -0.121. The maximum Gasteiger partial charge on any atom is 0.234 e. The molecule has 5 heteroatoms. The van der Waals surface area contributed by atoms with Crippen LogP contribution in [0.4, 0.5) is 11.4 Å². The first-order valence-electron chi connectivity index (χ1n) is 4.93. The Bertz CT molecular complexity index is 441. The summed E-state index contributed by atoms with van der Waals surface area (Å²) >= 11 is 0. The first-order valence-corrected chi connectivity index (χ1v) is 4.93. The summed E-state index contributed by atoms with van der Waals surface area (Å²) in [5.74, 6) is 0.0422. The van der Waals surface area contributed by atoms with Crippen molar-refractivity contribution in [3.63, 3.8) is 0 Å². The molecule has 2 rings (SSSR count). The van der Waals surface area contributed by atoms with Crippen molar-refractivity contribution in [2.24, 2.45) is 0 Å². The minimum atomic E-state index is -0.214. The van der Waals surface area contributed by atoms with Crippen LogP contribution in [-0.4, -0.2) is 18.9 Å². The van der Waals surface area contributed by atoms with Crippen LogP contribution >= 0.6 is 0 Å². The highest BCUT2D eigenvalue weighted by Gasteiger charge is 2.32. The van der Waals surface area contributed by atoms with Crippen molar-refractivity contribution in [2.45, 2.75) is 12.8 Å². The number of benzene rings is 1. The standard InChI is InChI=1S/C11H12N2O3/c1-16-9-3-2-7(12)6-8(9)13-10(14)4-5-11(13)15/h2-3,6H,4-5,12H2,1H3. The molecule has 1 heterocycles. The molecule has 0 radical (unpaired) electrons. The molecule has 0 aliphatic carbocycles. The van der Waals surface area contributed by atoms with Crippen molar-refractivity contribution in [1.82, 2.24) is 0 Å². The van der Waals surface area contributed by atoms with Gasteiger partial charge in [-0.3, -0.25) is 9.59 Å².